The highest BCUT2D eigenvalue weighted by Crippen LogP contribution is 2.10. The van der Waals surface area contributed by atoms with E-state index in [1.807, 2.05) is 30.3 Å². The monoisotopic (exact) mass is 351 g/mol. The van der Waals surface area contributed by atoms with Gasteiger partial charge < -0.3 is 15.4 Å². The summed E-state index contributed by atoms with van der Waals surface area (Å²) in [6, 6.07) is 9.89. The van der Waals surface area contributed by atoms with Gasteiger partial charge in [-0.05, 0) is 24.1 Å². The molecule has 0 saturated carbocycles. The van der Waals surface area contributed by atoms with E-state index in [0.717, 1.165) is 10.9 Å². The summed E-state index contributed by atoms with van der Waals surface area (Å²) in [6.07, 6.45) is 2.26. The fourth-order valence-corrected chi connectivity index (χ4v) is 1.82. The van der Waals surface area contributed by atoms with E-state index >= 15 is 0 Å². The third kappa shape index (κ3) is 6.93. The smallest absolute Gasteiger partial charge is 0.263 e. The minimum atomic E-state index is -0.398. The molecule has 1 rings (SSSR count). The van der Waals surface area contributed by atoms with Crippen molar-refractivity contribution in [2.75, 3.05) is 26.8 Å². The number of hydrogen-bond donors (Lipinski definition) is 2. The minimum Gasteiger partial charge on any atom is -0.389 e. The zero-order valence-electron chi connectivity index (χ0n) is 11.9. The number of nitrogens with zero attached hydrogens (tertiary/aromatic N) is 1. The Balaban J connectivity index is 2.37. The third-order valence-electron chi connectivity index (χ3n) is 2.67. The second-order valence-corrected chi connectivity index (χ2v) is 5.16. The molecule has 112 valence electrons. The zero-order valence-corrected chi connectivity index (χ0v) is 13.4. The molecule has 0 atom stereocenters. The van der Waals surface area contributed by atoms with Crippen molar-refractivity contribution in [3.8, 4) is 6.07 Å². The van der Waals surface area contributed by atoms with Crippen LogP contribution in [-0.4, -0.2) is 32.7 Å². The van der Waals surface area contributed by atoms with Gasteiger partial charge in [0.2, 0.25) is 0 Å². The summed E-state index contributed by atoms with van der Waals surface area (Å²) < 4.78 is 5.87. The average Bonchev–Trinajstić information content (AvgIpc) is 2.49. The Morgan fingerprint density at radius 3 is 2.71 bits per heavy atom. The number of carbonyl (C=O) groups excluding carboxylic acids is 1. The summed E-state index contributed by atoms with van der Waals surface area (Å²) in [5, 5.41) is 14.5. The van der Waals surface area contributed by atoms with E-state index in [-0.39, 0.29) is 5.57 Å². The first-order valence-corrected chi connectivity index (χ1v) is 7.32. The fourth-order valence-electron chi connectivity index (χ4n) is 1.55. The largest absolute Gasteiger partial charge is 0.389 e. The topological polar surface area (TPSA) is 74.1 Å². The Morgan fingerprint density at radius 1 is 1.38 bits per heavy atom. The van der Waals surface area contributed by atoms with Crippen molar-refractivity contribution in [3.05, 3.63) is 46.1 Å². The first kappa shape index (κ1) is 17.2. The molecule has 0 radical (unpaired) electrons. The normalized spacial score (nSPS) is 10.8. The van der Waals surface area contributed by atoms with E-state index in [2.05, 4.69) is 26.6 Å². The number of amides is 1. The molecule has 1 aromatic rings. The molecule has 0 aliphatic heterocycles. The van der Waals surface area contributed by atoms with Crippen LogP contribution in [0, 0.1) is 11.3 Å². The van der Waals surface area contributed by atoms with Crippen LogP contribution >= 0.6 is 15.9 Å². The summed E-state index contributed by atoms with van der Waals surface area (Å²) in [6.45, 7) is 1.45. The van der Waals surface area contributed by atoms with Crippen molar-refractivity contribution in [1.29, 1.82) is 5.26 Å². The molecule has 0 aliphatic rings. The Labute approximate surface area is 133 Å². The molecule has 0 aliphatic carbocycles. The van der Waals surface area contributed by atoms with E-state index in [9.17, 15) is 4.79 Å². The summed E-state index contributed by atoms with van der Waals surface area (Å²) in [5.41, 5.74) is 1.24. The van der Waals surface area contributed by atoms with Gasteiger partial charge in [0, 0.05) is 30.9 Å². The Hall–Kier alpha value is -1.84. The van der Waals surface area contributed by atoms with Crippen LogP contribution in [0.4, 0.5) is 0 Å². The molecule has 1 aromatic carbocycles. The maximum atomic E-state index is 11.6. The third-order valence-corrected chi connectivity index (χ3v) is 3.20. The molecule has 0 heterocycles. The molecule has 0 bridgehead atoms. The molecule has 5 nitrogen and oxygen atoms in total. The van der Waals surface area contributed by atoms with Crippen molar-refractivity contribution < 1.29 is 9.53 Å². The molecule has 0 saturated heterocycles. The SMILES string of the molecule is COCCNC(=O)/C(C#N)=C\NCCc1ccc(Br)cc1. The minimum absolute atomic E-state index is 0.0573. The van der Waals surface area contributed by atoms with Crippen LogP contribution in [0.3, 0.4) is 0 Å². The quantitative estimate of drug-likeness (QED) is 0.425. The number of benzene rings is 1. The summed E-state index contributed by atoms with van der Waals surface area (Å²) >= 11 is 3.38. The van der Waals surface area contributed by atoms with E-state index in [1.54, 1.807) is 7.11 Å². The van der Waals surface area contributed by atoms with Gasteiger partial charge in [0.05, 0.1) is 6.61 Å². The van der Waals surface area contributed by atoms with Gasteiger partial charge in [-0.2, -0.15) is 5.26 Å². The van der Waals surface area contributed by atoms with Crippen LogP contribution in [0.15, 0.2) is 40.5 Å². The van der Waals surface area contributed by atoms with Gasteiger partial charge in [-0.15, -0.1) is 0 Å². The molecular weight excluding hydrogens is 334 g/mol. The number of halogens is 1. The Bertz CT molecular complexity index is 521. The summed E-state index contributed by atoms with van der Waals surface area (Å²) in [7, 11) is 1.55. The molecule has 0 aromatic heterocycles. The van der Waals surface area contributed by atoms with E-state index < -0.39 is 5.91 Å². The molecule has 21 heavy (non-hydrogen) atoms. The van der Waals surface area contributed by atoms with Gasteiger partial charge in [0.25, 0.3) is 5.91 Å². The highest BCUT2D eigenvalue weighted by atomic mass is 79.9. The molecular formula is C15H18BrN3O2. The second kappa shape index (κ2) is 9.97. The molecule has 0 unspecified atom stereocenters. The van der Waals surface area contributed by atoms with Crippen molar-refractivity contribution in [3.63, 3.8) is 0 Å². The first-order valence-electron chi connectivity index (χ1n) is 6.52. The lowest BCUT2D eigenvalue weighted by atomic mass is 10.1. The van der Waals surface area contributed by atoms with Crippen LogP contribution in [0.1, 0.15) is 5.56 Å². The van der Waals surface area contributed by atoms with Crippen LogP contribution in [0.2, 0.25) is 0 Å². The molecule has 6 heteroatoms. The Kier molecular flexibility index (Phi) is 8.17. The number of methoxy groups -OCH3 is 1. The highest BCUT2D eigenvalue weighted by Gasteiger charge is 2.07. The lowest BCUT2D eigenvalue weighted by molar-refractivity contribution is -0.117. The van der Waals surface area contributed by atoms with Gasteiger partial charge in [0.15, 0.2) is 0 Å². The van der Waals surface area contributed by atoms with Crippen molar-refractivity contribution in [1.82, 2.24) is 10.6 Å². The standard InChI is InChI=1S/C15H18BrN3O2/c1-21-9-8-19-15(20)13(10-17)11-18-7-6-12-2-4-14(16)5-3-12/h2-5,11,18H,6-9H2,1H3,(H,19,20)/b13-11-. The molecule has 0 fully saturated rings. The Morgan fingerprint density at radius 2 is 2.10 bits per heavy atom. The van der Waals surface area contributed by atoms with Crippen molar-refractivity contribution >= 4 is 21.8 Å². The predicted molar refractivity (Wildman–Crippen MR) is 84.4 cm³/mol. The maximum Gasteiger partial charge on any atom is 0.263 e. The van der Waals surface area contributed by atoms with Gasteiger partial charge in [0.1, 0.15) is 11.6 Å². The van der Waals surface area contributed by atoms with Crippen molar-refractivity contribution in [2.24, 2.45) is 0 Å². The van der Waals surface area contributed by atoms with Gasteiger partial charge in [-0.1, -0.05) is 28.1 Å². The van der Waals surface area contributed by atoms with E-state index in [4.69, 9.17) is 10.00 Å². The number of ether oxygens (including phenoxy) is 1. The second-order valence-electron chi connectivity index (χ2n) is 4.25. The van der Waals surface area contributed by atoms with Gasteiger partial charge >= 0.3 is 0 Å². The summed E-state index contributed by atoms with van der Waals surface area (Å²) in [4.78, 5) is 11.6. The highest BCUT2D eigenvalue weighted by molar-refractivity contribution is 9.10. The lowest BCUT2D eigenvalue weighted by Crippen LogP contribution is -2.28. The number of nitrogens with one attached hydrogen (secondary N) is 2. The predicted octanol–water partition coefficient (Wildman–Crippen LogP) is 1.75. The zero-order chi connectivity index (χ0) is 15.5. The van der Waals surface area contributed by atoms with Crippen molar-refractivity contribution in [2.45, 2.75) is 6.42 Å². The van der Waals surface area contributed by atoms with Crippen LogP contribution in [-0.2, 0) is 16.0 Å². The number of nitriles is 1. The van der Waals surface area contributed by atoms with Crippen LogP contribution in [0.5, 0.6) is 0 Å². The van der Waals surface area contributed by atoms with Crippen LogP contribution < -0.4 is 10.6 Å². The average molecular weight is 352 g/mol. The number of carbonyl (C=O) groups is 1. The first-order chi connectivity index (χ1) is 10.2. The van der Waals surface area contributed by atoms with Gasteiger partial charge in [-0.25, -0.2) is 0 Å². The van der Waals surface area contributed by atoms with E-state index in [0.29, 0.717) is 19.7 Å². The lowest BCUT2D eigenvalue weighted by Gasteiger charge is -2.05. The molecule has 0 spiro atoms. The fraction of sp³-hybridized carbons (Fsp3) is 0.333. The molecule has 1 amide bonds. The van der Waals surface area contributed by atoms with E-state index in [1.165, 1.54) is 11.8 Å². The maximum absolute atomic E-state index is 11.6. The summed E-state index contributed by atoms with van der Waals surface area (Å²) in [5.74, 6) is -0.398. The van der Waals surface area contributed by atoms with Gasteiger partial charge in [-0.3, -0.25) is 4.79 Å². The number of hydrogen-bond acceptors (Lipinski definition) is 4. The van der Waals surface area contributed by atoms with Crippen LogP contribution in [0.25, 0.3) is 0 Å². The molecule has 2 N–H and O–H groups in total. The number of rotatable bonds is 8.